The van der Waals surface area contributed by atoms with Gasteiger partial charge in [0.25, 0.3) is 0 Å². The Balaban J connectivity index is 1.85. The normalized spacial score (nSPS) is 14.7. The molecule has 1 aromatic rings. The molecule has 4 nitrogen and oxygen atoms in total. The number of amides is 1. The fraction of sp³-hybridized carbons (Fsp3) is 0.462. The average molecular weight is 330 g/mol. The lowest BCUT2D eigenvalue weighted by atomic mass is 10.2. The Morgan fingerprint density at radius 3 is 2.79 bits per heavy atom. The topological polar surface area (TPSA) is 58.4 Å². The Hall–Kier alpha value is -1.30. The lowest BCUT2D eigenvalue weighted by Gasteiger charge is -2.16. The van der Waals surface area contributed by atoms with Gasteiger partial charge in [-0.1, -0.05) is 0 Å². The zero-order valence-electron chi connectivity index (χ0n) is 10.6. The summed E-state index contributed by atoms with van der Waals surface area (Å²) in [5, 5.41) is 3.07. The van der Waals surface area contributed by atoms with E-state index in [0.717, 1.165) is 25.9 Å². The Bertz CT molecular complexity index is 475. The fourth-order valence-corrected chi connectivity index (χ4v) is 2.49. The number of benzene rings is 1. The first-order valence-corrected chi connectivity index (χ1v) is 7.13. The van der Waals surface area contributed by atoms with Gasteiger partial charge in [0.05, 0.1) is 15.8 Å². The first-order chi connectivity index (χ1) is 9.08. The second-order valence-corrected chi connectivity index (χ2v) is 5.47. The molecule has 0 radical (unpaired) electrons. The van der Waals surface area contributed by atoms with E-state index in [1.165, 1.54) is 6.07 Å². The van der Waals surface area contributed by atoms with Crippen LogP contribution in [0, 0.1) is 5.82 Å². The number of nitrogens with two attached hydrogens (primary N) is 1. The van der Waals surface area contributed by atoms with Crippen molar-refractivity contribution in [1.29, 1.82) is 0 Å². The summed E-state index contributed by atoms with van der Waals surface area (Å²) in [6.07, 6.45) is 2.61. The minimum atomic E-state index is -0.392. The van der Waals surface area contributed by atoms with Gasteiger partial charge in [0.1, 0.15) is 5.82 Å². The molecule has 1 aliphatic rings. The van der Waals surface area contributed by atoms with Crippen LogP contribution < -0.4 is 11.1 Å². The van der Waals surface area contributed by atoms with Crippen LogP contribution in [0.15, 0.2) is 16.6 Å². The molecule has 0 atom stereocenters. The van der Waals surface area contributed by atoms with E-state index in [1.54, 1.807) is 6.07 Å². The number of nitrogens with one attached hydrogen (secondary N) is 1. The van der Waals surface area contributed by atoms with Crippen LogP contribution in [-0.2, 0) is 4.79 Å². The molecule has 0 aromatic heterocycles. The molecule has 19 heavy (non-hydrogen) atoms. The highest BCUT2D eigenvalue weighted by atomic mass is 79.9. The third-order valence-corrected chi connectivity index (χ3v) is 3.81. The summed E-state index contributed by atoms with van der Waals surface area (Å²) >= 11 is 3.11. The Morgan fingerprint density at radius 2 is 2.11 bits per heavy atom. The zero-order valence-corrected chi connectivity index (χ0v) is 12.2. The van der Waals surface area contributed by atoms with Crippen LogP contribution >= 0.6 is 15.9 Å². The van der Waals surface area contributed by atoms with Crippen molar-refractivity contribution in [2.45, 2.75) is 19.3 Å². The zero-order chi connectivity index (χ0) is 13.8. The third-order valence-electron chi connectivity index (χ3n) is 3.21. The maximum Gasteiger partial charge on any atom is 0.224 e. The van der Waals surface area contributed by atoms with Crippen molar-refractivity contribution in [1.82, 2.24) is 4.90 Å². The van der Waals surface area contributed by atoms with E-state index in [9.17, 15) is 9.18 Å². The maximum absolute atomic E-state index is 13.2. The lowest BCUT2D eigenvalue weighted by molar-refractivity contribution is -0.129. The van der Waals surface area contributed by atoms with E-state index >= 15 is 0 Å². The molecular weight excluding hydrogens is 313 g/mol. The summed E-state index contributed by atoms with van der Waals surface area (Å²) in [4.78, 5) is 13.7. The average Bonchev–Trinajstić information content (AvgIpc) is 2.89. The van der Waals surface area contributed by atoms with E-state index in [0.29, 0.717) is 28.8 Å². The highest BCUT2D eigenvalue weighted by Crippen LogP contribution is 2.26. The Kier molecular flexibility index (Phi) is 4.63. The fourth-order valence-electron chi connectivity index (χ4n) is 2.14. The number of hydrogen-bond acceptors (Lipinski definition) is 3. The molecule has 1 aliphatic heterocycles. The van der Waals surface area contributed by atoms with Gasteiger partial charge in [-0.15, -0.1) is 0 Å². The molecule has 1 amide bonds. The van der Waals surface area contributed by atoms with Gasteiger partial charge < -0.3 is 16.0 Å². The minimum absolute atomic E-state index is 0.157. The van der Waals surface area contributed by atoms with Crippen LogP contribution in [0.4, 0.5) is 15.8 Å². The number of hydrogen-bond donors (Lipinski definition) is 2. The first kappa shape index (κ1) is 14.1. The predicted octanol–water partition coefficient (Wildman–Crippen LogP) is 2.59. The molecule has 6 heteroatoms. The molecular formula is C13H17BrFN3O. The molecule has 0 spiro atoms. The van der Waals surface area contributed by atoms with Gasteiger partial charge in [-0.2, -0.15) is 0 Å². The number of halogens is 2. The van der Waals surface area contributed by atoms with Crippen molar-refractivity contribution in [3.63, 3.8) is 0 Å². The van der Waals surface area contributed by atoms with Crippen molar-refractivity contribution < 1.29 is 9.18 Å². The van der Waals surface area contributed by atoms with Gasteiger partial charge in [0, 0.05) is 32.1 Å². The van der Waals surface area contributed by atoms with Gasteiger partial charge in [-0.05, 0) is 34.8 Å². The van der Waals surface area contributed by atoms with Crippen LogP contribution in [0.1, 0.15) is 19.3 Å². The monoisotopic (exact) mass is 329 g/mol. The van der Waals surface area contributed by atoms with Gasteiger partial charge >= 0.3 is 0 Å². The standard InChI is InChI=1S/C13H17BrFN3O/c14-9-7-12(11(16)8-10(9)15)17-4-3-13(19)18-5-1-2-6-18/h7-8,17H,1-6,16H2. The minimum Gasteiger partial charge on any atom is -0.397 e. The molecule has 0 saturated carbocycles. The summed E-state index contributed by atoms with van der Waals surface area (Å²) < 4.78 is 13.6. The van der Waals surface area contributed by atoms with Gasteiger partial charge in [-0.25, -0.2) is 4.39 Å². The van der Waals surface area contributed by atoms with Crippen molar-refractivity contribution in [3.8, 4) is 0 Å². The van der Waals surface area contributed by atoms with E-state index in [4.69, 9.17) is 5.73 Å². The summed E-state index contributed by atoms with van der Waals surface area (Å²) in [5.41, 5.74) is 6.69. The Labute approximate surface area is 120 Å². The van der Waals surface area contributed by atoms with Crippen LogP contribution in [0.2, 0.25) is 0 Å². The number of nitrogens with zero attached hydrogens (tertiary/aromatic N) is 1. The van der Waals surface area contributed by atoms with E-state index in [2.05, 4.69) is 21.2 Å². The quantitative estimate of drug-likeness (QED) is 0.835. The highest BCUT2D eigenvalue weighted by Gasteiger charge is 2.17. The summed E-state index contributed by atoms with van der Waals surface area (Å²) in [5.74, 6) is -0.235. The number of rotatable bonds is 4. The predicted molar refractivity (Wildman–Crippen MR) is 77.4 cm³/mol. The van der Waals surface area contributed by atoms with E-state index < -0.39 is 5.82 Å². The van der Waals surface area contributed by atoms with E-state index in [1.807, 2.05) is 4.90 Å². The number of nitrogen functional groups attached to an aromatic ring is 1. The molecule has 0 aliphatic carbocycles. The van der Waals surface area contributed by atoms with E-state index in [-0.39, 0.29) is 5.91 Å². The van der Waals surface area contributed by atoms with Crippen LogP contribution in [0.5, 0.6) is 0 Å². The van der Waals surface area contributed by atoms with Crippen molar-refractivity contribution >= 4 is 33.2 Å². The second-order valence-electron chi connectivity index (χ2n) is 4.62. The summed E-state index contributed by atoms with van der Waals surface area (Å²) in [6, 6.07) is 2.85. The third kappa shape index (κ3) is 3.59. The van der Waals surface area contributed by atoms with Gasteiger partial charge in [0.2, 0.25) is 5.91 Å². The smallest absolute Gasteiger partial charge is 0.224 e. The molecule has 1 aromatic carbocycles. The molecule has 2 rings (SSSR count). The van der Waals surface area contributed by atoms with Crippen LogP contribution in [0.3, 0.4) is 0 Å². The summed E-state index contributed by atoms with van der Waals surface area (Å²) in [6.45, 7) is 2.23. The second kappa shape index (κ2) is 6.23. The molecule has 1 saturated heterocycles. The number of carbonyl (C=O) groups is 1. The van der Waals surface area contributed by atoms with Crippen molar-refractivity contribution in [2.75, 3.05) is 30.7 Å². The SMILES string of the molecule is Nc1cc(F)c(Br)cc1NCCC(=O)N1CCCC1. The maximum atomic E-state index is 13.2. The molecule has 104 valence electrons. The van der Waals surface area contributed by atoms with Crippen molar-refractivity contribution in [3.05, 3.63) is 22.4 Å². The first-order valence-electron chi connectivity index (χ1n) is 6.34. The summed E-state index contributed by atoms with van der Waals surface area (Å²) in [7, 11) is 0. The van der Waals surface area contributed by atoms with Crippen LogP contribution in [-0.4, -0.2) is 30.4 Å². The Morgan fingerprint density at radius 1 is 1.42 bits per heavy atom. The number of likely N-dealkylation sites (tertiary alicyclic amines) is 1. The number of carbonyl (C=O) groups excluding carboxylic acids is 1. The molecule has 1 fully saturated rings. The van der Waals surface area contributed by atoms with Crippen LogP contribution in [0.25, 0.3) is 0 Å². The molecule has 3 N–H and O–H groups in total. The highest BCUT2D eigenvalue weighted by molar-refractivity contribution is 9.10. The van der Waals surface area contributed by atoms with Crippen molar-refractivity contribution in [2.24, 2.45) is 0 Å². The molecule has 1 heterocycles. The van der Waals surface area contributed by atoms with Gasteiger partial charge in [-0.3, -0.25) is 4.79 Å². The lowest BCUT2D eigenvalue weighted by Crippen LogP contribution is -2.29. The van der Waals surface area contributed by atoms with Gasteiger partial charge in [0.15, 0.2) is 0 Å². The molecule has 0 unspecified atom stereocenters. The number of anilines is 2. The largest absolute Gasteiger partial charge is 0.397 e. The molecule has 0 bridgehead atoms.